The lowest BCUT2D eigenvalue weighted by Gasteiger charge is -1.83. The number of halogens is 2. The van der Waals surface area contributed by atoms with Gasteiger partial charge in [-0.2, -0.15) is 0 Å². The molecule has 0 saturated carbocycles. The van der Waals surface area contributed by atoms with E-state index in [-0.39, 0.29) is 46.1 Å². The average molecular weight is 269 g/mol. The largest absolute Gasteiger partial charge is 0.316 e. The molecule has 0 bridgehead atoms. The number of unbranched alkanes of at least 4 members (excludes halogenated alkanes) is 1. The van der Waals surface area contributed by atoms with Crippen molar-refractivity contribution in [1.29, 1.82) is 0 Å². The van der Waals surface area contributed by atoms with E-state index in [1.807, 2.05) is 0 Å². The molecule has 4 heteroatoms. The second-order valence-corrected chi connectivity index (χ2v) is 2.67. The molecule has 0 aromatic carbocycles. The second-order valence-electron chi connectivity index (χ2n) is 1.09. The number of alkyl halides is 2. The molecule has 0 unspecified atom stereocenters. The van der Waals surface area contributed by atoms with Crippen LogP contribution in [-0.4, -0.2) is 56.8 Å². The van der Waals surface area contributed by atoms with Crippen LogP contribution >= 0.6 is 31.9 Å². The van der Waals surface area contributed by atoms with Gasteiger partial charge in [0, 0.05) is 10.7 Å². The molecular formula is C4H12Br2Mg2. The van der Waals surface area contributed by atoms with Crippen molar-refractivity contribution in [2.24, 2.45) is 0 Å². The SMILES string of the molecule is BrCCCCBr.[MgH2].[MgH2]. The molecular weight excluding hydrogens is 256 g/mol. The van der Waals surface area contributed by atoms with Gasteiger partial charge in [-0.15, -0.1) is 0 Å². The van der Waals surface area contributed by atoms with Gasteiger partial charge in [-0.1, -0.05) is 31.9 Å². The summed E-state index contributed by atoms with van der Waals surface area (Å²) in [6, 6.07) is 0. The van der Waals surface area contributed by atoms with E-state index in [4.69, 9.17) is 0 Å². The molecule has 0 N–H and O–H groups in total. The van der Waals surface area contributed by atoms with Gasteiger partial charge in [0.05, 0.1) is 0 Å². The van der Waals surface area contributed by atoms with Crippen molar-refractivity contribution >= 4 is 78.0 Å². The molecule has 0 saturated heterocycles. The summed E-state index contributed by atoms with van der Waals surface area (Å²) in [6.07, 6.45) is 2.57. The summed E-state index contributed by atoms with van der Waals surface area (Å²) in [7, 11) is 0. The van der Waals surface area contributed by atoms with Crippen LogP contribution in [-0.2, 0) is 0 Å². The molecule has 0 rings (SSSR count). The van der Waals surface area contributed by atoms with Gasteiger partial charge in [0.15, 0.2) is 0 Å². The topological polar surface area (TPSA) is 0 Å². The van der Waals surface area contributed by atoms with Crippen molar-refractivity contribution in [3.05, 3.63) is 0 Å². The highest BCUT2D eigenvalue weighted by atomic mass is 79.9. The molecule has 0 radical (unpaired) electrons. The first-order valence-corrected chi connectivity index (χ1v) is 4.28. The molecule has 8 heavy (non-hydrogen) atoms. The monoisotopic (exact) mass is 266 g/mol. The van der Waals surface area contributed by atoms with Crippen molar-refractivity contribution in [1.82, 2.24) is 0 Å². The zero-order valence-corrected chi connectivity index (χ0v) is 6.76. The zero-order chi connectivity index (χ0) is 4.83. The third kappa shape index (κ3) is 15.8. The summed E-state index contributed by atoms with van der Waals surface area (Å²) in [5, 5.41) is 2.28. The molecule has 0 aromatic rings. The molecule has 0 aliphatic carbocycles. The van der Waals surface area contributed by atoms with E-state index in [1.165, 1.54) is 12.8 Å². The first kappa shape index (κ1) is 16.8. The Morgan fingerprint density at radius 1 is 0.750 bits per heavy atom. The van der Waals surface area contributed by atoms with Gasteiger partial charge in [0.2, 0.25) is 0 Å². The van der Waals surface area contributed by atoms with E-state index < -0.39 is 0 Å². The van der Waals surface area contributed by atoms with E-state index in [0.29, 0.717) is 0 Å². The lowest BCUT2D eigenvalue weighted by molar-refractivity contribution is 0.919. The maximum atomic E-state index is 3.33. The summed E-state index contributed by atoms with van der Waals surface area (Å²) in [6.45, 7) is 0. The Bertz CT molecular complexity index is 24.0. The smallest absolute Gasteiger partial charge is 0.0928 e. The van der Waals surface area contributed by atoms with Crippen molar-refractivity contribution in [3.8, 4) is 0 Å². The highest BCUT2D eigenvalue weighted by molar-refractivity contribution is 9.09. The minimum absolute atomic E-state index is 0. The van der Waals surface area contributed by atoms with E-state index in [0.717, 1.165) is 10.7 Å². The van der Waals surface area contributed by atoms with Crippen LogP contribution in [0.4, 0.5) is 0 Å². The quantitative estimate of drug-likeness (QED) is 0.402. The van der Waals surface area contributed by atoms with E-state index in [1.54, 1.807) is 0 Å². The maximum Gasteiger partial charge on any atom is 0.316 e. The Hall–Kier alpha value is 2.49. The molecule has 0 atom stereocenters. The Kier molecular flexibility index (Phi) is 34.2. The minimum atomic E-state index is 0. The van der Waals surface area contributed by atoms with Gasteiger partial charge in [0.1, 0.15) is 0 Å². The normalized spacial score (nSPS) is 6.75. The van der Waals surface area contributed by atoms with Crippen molar-refractivity contribution in [3.63, 3.8) is 0 Å². The molecule has 0 fully saturated rings. The summed E-state index contributed by atoms with van der Waals surface area (Å²) < 4.78 is 0. The number of hydrogen-bond acceptors (Lipinski definition) is 0. The lowest BCUT2D eigenvalue weighted by atomic mass is 10.4. The standard InChI is InChI=1S/C4H8Br2.2Mg.4H/c5-3-1-2-4-6;;;;;;/h1-4H2;;;;;;. The first-order chi connectivity index (χ1) is 2.91. The summed E-state index contributed by atoms with van der Waals surface area (Å²) in [5.74, 6) is 0. The fourth-order valence-electron chi connectivity index (χ4n) is 0.189. The summed E-state index contributed by atoms with van der Waals surface area (Å²) >= 11 is 6.66. The predicted octanol–water partition coefficient (Wildman–Crippen LogP) is 0.724. The van der Waals surface area contributed by atoms with Gasteiger partial charge in [-0.3, -0.25) is 0 Å². The maximum absolute atomic E-state index is 3.33. The van der Waals surface area contributed by atoms with E-state index in [9.17, 15) is 0 Å². The Morgan fingerprint density at radius 3 is 1.12 bits per heavy atom. The molecule has 0 spiro atoms. The number of rotatable bonds is 3. The Morgan fingerprint density at radius 2 is 1.00 bits per heavy atom. The van der Waals surface area contributed by atoms with Gasteiger partial charge in [-0.05, 0) is 12.8 Å². The zero-order valence-electron chi connectivity index (χ0n) is 3.58. The van der Waals surface area contributed by atoms with Crippen molar-refractivity contribution in [2.45, 2.75) is 12.8 Å². The highest BCUT2D eigenvalue weighted by Crippen LogP contribution is 1.95. The minimum Gasteiger partial charge on any atom is -0.0928 e. The van der Waals surface area contributed by atoms with E-state index >= 15 is 0 Å². The Labute approximate surface area is 100 Å². The predicted molar refractivity (Wildman–Crippen MR) is 53.9 cm³/mol. The molecule has 0 aliphatic heterocycles. The molecule has 0 nitrogen and oxygen atoms in total. The fourth-order valence-corrected chi connectivity index (χ4v) is 0.982. The molecule has 0 aliphatic rings. The third-order valence-electron chi connectivity index (χ3n) is 0.517. The Balaban J connectivity index is -0.000000125. The van der Waals surface area contributed by atoms with Gasteiger partial charge in [-0.25, -0.2) is 0 Å². The van der Waals surface area contributed by atoms with Crippen LogP contribution < -0.4 is 0 Å². The molecule has 0 heterocycles. The van der Waals surface area contributed by atoms with Crippen LogP contribution in [0.3, 0.4) is 0 Å². The van der Waals surface area contributed by atoms with Gasteiger partial charge < -0.3 is 0 Å². The van der Waals surface area contributed by atoms with Crippen LogP contribution in [0.15, 0.2) is 0 Å². The van der Waals surface area contributed by atoms with E-state index in [2.05, 4.69) is 31.9 Å². The highest BCUT2D eigenvalue weighted by Gasteiger charge is 1.77. The fraction of sp³-hybridized carbons (Fsp3) is 1.00. The van der Waals surface area contributed by atoms with Crippen LogP contribution in [0.2, 0.25) is 0 Å². The van der Waals surface area contributed by atoms with Gasteiger partial charge in [0.25, 0.3) is 0 Å². The van der Waals surface area contributed by atoms with Crippen LogP contribution in [0.5, 0.6) is 0 Å². The first-order valence-electron chi connectivity index (χ1n) is 2.03. The molecule has 0 aromatic heterocycles. The van der Waals surface area contributed by atoms with Crippen LogP contribution in [0, 0.1) is 0 Å². The molecule has 46 valence electrons. The summed E-state index contributed by atoms with van der Waals surface area (Å²) in [5.41, 5.74) is 0. The van der Waals surface area contributed by atoms with Crippen molar-refractivity contribution < 1.29 is 0 Å². The molecule has 0 amide bonds. The van der Waals surface area contributed by atoms with Crippen LogP contribution in [0.1, 0.15) is 12.8 Å². The lowest BCUT2D eigenvalue weighted by Crippen LogP contribution is -1.73. The second kappa shape index (κ2) is 16.2. The van der Waals surface area contributed by atoms with Crippen LogP contribution in [0.25, 0.3) is 0 Å². The summed E-state index contributed by atoms with van der Waals surface area (Å²) in [4.78, 5) is 0. The number of hydrogen-bond donors (Lipinski definition) is 0. The average Bonchev–Trinajstić information content (AvgIpc) is 1.61. The van der Waals surface area contributed by atoms with Gasteiger partial charge >= 0.3 is 46.1 Å². The van der Waals surface area contributed by atoms with Crippen molar-refractivity contribution in [2.75, 3.05) is 10.7 Å². The third-order valence-corrected chi connectivity index (χ3v) is 1.64.